The fraction of sp³-hybridized carbons (Fsp3) is 0.545. The second-order valence-corrected chi connectivity index (χ2v) is 7.80. The second kappa shape index (κ2) is 9.25. The van der Waals surface area contributed by atoms with Gasteiger partial charge in [-0.25, -0.2) is 9.59 Å². The van der Waals surface area contributed by atoms with E-state index in [0.29, 0.717) is 37.6 Å². The van der Waals surface area contributed by atoms with Crippen molar-refractivity contribution in [1.82, 2.24) is 15.5 Å². The lowest BCUT2D eigenvalue weighted by Crippen LogP contribution is -2.51. The van der Waals surface area contributed by atoms with Crippen LogP contribution in [0.2, 0.25) is 0 Å². The van der Waals surface area contributed by atoms with Crippen LogP contribution >= 0.6 is 0 Å². The molecule has 0 aromatic heterocycles. The Morgan fingerprint density at radius 2 is 1.87 bits per heavy atom. The normalized spacial score (nSPS) is 23.4. The van der Waals surface area contributed by atoms with E-state index in [-0.39, 0.29) is 6.03 Å². The predicted octanol–water partition coefficient (Wildman–Crippen LogP) is 1.71. The Labute approximate surface area is 181 Å². The molecule has 2 amide bonds. The molecular formula is C22H29N3O6. The molecule has 1 aromatic rings. The lowest BCUT2D eigenvalue weighted by Gasteiger charge is -2.39. The van der Waals surface area contributed by atoms with Crippen molar-refractivity contribution in [2.45, 2.75) is 31.6 Å². The number of benzene rings is 1. The van der Waals surface area contributed by atoms with Gasteiger partial charge < -0.3 is 29.6 Å². The van der Waals surface area contributed by atoms with Crippen LogP contribution in [0.15, 0.2) is 35.5 Å². The summed E-state index contributed by atoms with van der Waals surface area (Å²) in [6, 6.07) is 6.39. The van der Waals surface area contributed by atoms with Crippen molar-refractivity contribution in [2.24, 2.45) is 0 Å². The molecule has 9 heteroatoms. The van der Waals surface area contributed by atoms with Gasteiger partial charge in [-0.3, -0.25) is 4.90 Å². The highest BCUT2D eigenvalue weighted by Crippen LogP contribution is 2.33. The van der Waals surface area contributed by atoms with Crippen molar-refractivity contribution >= 4 is 12.0 Å². The van der Waals surface area contributed by atoms with Gasteiger partial charge in [-0.05, 0) is 24.6 Å². The first-order chi connectivity index (χ1) is 15.0. The Bertz CT molecular complexity index is 837. The summed E-state index contributed by atoms with van der Waals surface area (Å²) in [6.45, 7) is 5.66. The standard InChI is InChI=1S/C22H29N3O6/c1-3-29-16-6-4-15(5-7-16)19-18(20(26)28-2)17(23-21(27)24-19)14-25-10-8-22(9-11-25)30-12-13-31-22/h4-7,19H,3,8-14H2,1-2H3,(H2,23,24,27). The fourth-order valence-corrected chi connectivity index (χ4v) is 4.33. The monoisotopic (exact) mass is 431 g/mol. The van der Waals surface area contributed by atoms with Gasteiger partial charge in [-0.15, -0.1) is 0 Å². The Hall–Kier alpha value is -2.62. The highest BCUT2D eigenvalue weighted by atomic mass is 16.7. The number of esters is 1. The maximum atomic E-state index is 12.7. The van der Waals surface area contributed by atoms with Gasteiger partial charge in [0.25, 0.3) is 0 Å². The fourth-order valence-electron chi connectivity index (χ4n) is 4.33. The minimum atomic E-state index is -0.607. The first-order valence-corrected chi connectivity index (χ1v) is 10.7. The molecule has 4 rings (SSSR count). The quantitative estimate of drug-likeness (QED) is 0.662. The van der Waals surface area contributed by atoms with Crippen molar-refractivity contribution < 1.29 is 28.5 Å². The van der Waals surface area contributed by atoms with Crippen LogP contribution < -0.4 is 15.4 Å². The van der Waals surface area contributed by atoms with E-state index in [1.54, 1.807) is 0 Å². The van der Waals surface area contributed by atoms with Gasteiger partial charge in [-0.1, -0.05) is 12.1 Å². The van der Waals surface area contributed by atoms with E-state index in [2.05, 4.69) is 15.5 Å². The first kappa shape index (κ1) is 21.6. The molecule has 0 saturated carbocycles. The number of hydrogen-bond donors (Lipinski definition) is 2. The maximum absolute atomic E-state index is 12.7. The number of nitrogens with zero attached hydrogens (tertiary/aromatic N) is 1. The largest absolute Gasteiger partial charge is 0.494 e. The van der Waals surface area contributed by atoms with Crippen molar-refractivity contribution in [3.8, 4) is 5.75 Å². The van der Waals surface area contributed by atoms with Crippen LogP contribution in [0.1, 0.15) is 31.4 Å². The van der Waals surface area contributed by atoms with Crippen LogP contribution in [0.3, 0.4) is 0 Å². The summed E-state index contributed by atoms with van der Waals surface area (Å²) in [5.74, 6) is -0.218. The highest BCUT2D eigenvalue weighted by molar-refractivity contribution is 5.95. The summed E-state index contributed by atoms with van der Waals surface area (Å²) < 4.78 is 22.1. The molecule has 3 aliphatic rings. The van der Waals surface area contributed by atoms with Gasteiger partial charge in [-0.2, -0.15) is 0 Å². The Balaban J connectivity index is 1.56. The zero-order valence-corrected chi connectivity index (χ0v) is 17.9. The molecule has 0 bridgehead atoms. The van der Waals surface area contributed by atoms with Gasteiger partial charge in [0, 0.05) is 38.2 Å². The van der Waals surface area contributed by atoms with Gasteiger partial charge in [0.1, 0.15) is 5.75 Å². The number of hydrogen-bond acceptors (Lipinski definition) is 7. The number of ether oxygens (including phenoxy) is 4. The Morgan fingerprint density at radius 1 is 1.19 bits per heavy atom. The molecule has 168 valence electrons. The average molecular weight is 431 g/mol. The molecule has 0 aliphatic carbocycles. The van der Waals surface area contributed by atoms with E-state index >= 15 is 0 Å². The third kappa shape index (κ3) is 4.68. The number of rotatable bonds is 6. The van der Waals surface area contributed by atoms with Crippen molar-refractivity contribution in [3.63, 3.8) is 0 Å². The number of likely N-dealkylation sites (tertiary alicyclic amines) is 1. The first-order valence-electron chi connectivity index (χ1n) is 10.7. The highest BCUT2D eigenvalue weighted by Gasteiger charge is 2.41. The van der Waals surface area contributed by atoms with Crippen LogP contribution in [-0.4, -0.2) is 69.3 Å². The molecule has 1 unspecified atom stereocenters. The Kier molecular flexibility index (Phi) is 6.45. The van der Waals surface area contributed by atoms with Crippen molar-refractivity contribution in [2.75, 3.05) is 46.6 Å². The van der Waals surface area contributed by atoms with Crippen molar-refractivity contribution in [3.05, 3.63) is 41.1 Å². The third-order valence-electron chi connectivity index (χ3n) is 5.90. The van der Waals surface area contributed by atoms with Gasteiger partial charge in [0.15, 0.2) is 5.79 Å². The molecular weight excluding hydrogens is 402 g/mol. The minimum Gasteiger partial charge on any atom is -0.494 e. The molecule has 31 heavy (non-hydrogen) atoms. The van der Waals surface area contributed by atoms with Crippen LogP contribution in [0.4, 0.5) is 4.79 Å². The number of piperidine rings is 1. The van der Waals surface area contributed by atoms with E-state index < -0.39 is 17.8 Å². The topological polar surface area (TPSA) is 98.4 Å². The van der Waals surface area contributed by atoms with Crippen LogP contribution in [0.25, 0.3) is 0 Å². The molecule has 2 saturated heterocycles. The number of nitrogens with one attached hydrogen (secondary N) is 2. The summed E-state index contributed by atoms with van der Waals surface area (Å²) in [4.78, 5) is 27.4. The van der Waals surface area contributed by atoms with E-state index in [0.717, 1.165) is 37.2 Å². The van der Waals surface area contributed by atoms with Crippen molar-refractivity contribution in [1.29, 1.82) is 0 Å². The molecule has 1 aromatic carbocycles. The molecule has 2 N–H and O–H groups in total. The molecule has 0 radical (unpaired) electrons. The van der Waals surface area contributed by atoms with E-state index in [1.807, 2.05) is 31.2 Å². The summed E-state index contributed by atoms with van der Waals surface area (Å²) >= 11 is 0. The molecule has 1 spiro atoms. The van der Waals surface area contributed by atoms with Gasteiger partial charge >= 0.3 is 12.0 Å². The van der Waals surface area contributed by atoms with Crippen LogP contribution in [0.5, 0.6) is 5.75 Å². The zero-order chi connectivity index (χ0) is 21.8. The number of amides is 2. The molecule has 3 aliphatic heterocycles. The summed E-state index contributed by atoms with van der Waals surface area (Å²) in [5.41, 5.74) is 1.74. The summed E-state index contributed by atoms with van der Waals surface area (Å²) in [6.07, 6.45) is 1.50. The Morgan fingerprint density at radius 3 is 2.48 bits per heavy atom. The SMILES string of the molecule is CCOc1ccc(C2NC(=O)NC(CN3CCC4(CC3)OCCO4)=C2C(=O)OC)cc1. The minimum absolute atomic E-state index is 0.350. The third-order valence-corrected chi connectivity index (χ3v) is 5.90. The van der Waals surface area contributed by atoms with E-state index in [9.17, 15) is 9.59 Å². The summed E-state index contributed by atoms with van der Waals surface area (Å²) in [5, 5.41) is 5.67. The van der Waals surface area contributed by atoms with Gasteiger partial charge in [0.2, 0.25) is 0 Å². The number of carbonyl (C=O) groups excluding carboxylic acids is 2. The second-order valence-electron chi connectivity index (χ2n) is 7.80. The predicted molar refractivity (Wildman–Crippen MR) is 111 cm³/mol. The molecule has 3 heterocycles. The zero-order valence-electron chi connectivity index (χ0n) is 17.9. The van der Waals surface area contributed by atoms with E-state index in [1.165, 1.54) is 7.11 Å². The van der Waals surface area contributed by atoms with E-state index in [4.69, 9.17) is 18.9 Å². The smallest absolute Gasteiger partial charge is 0.338 e. The maximum Gasteiger partial charge on any atom is 0.338 e. The number of carbonyl (C=O) groups is 2. The van der Waals surface area contributed by atoms with Crippen LogP contribution in [0, 0.1) is 0 Å². The number of urea groups is 1. The number of methoxy groups -OCH3 is 1. The molecule has 9 nitrogen and oxygen atoms in total. The lowest BCUT2D eigenvalue weighted by molar-refractivity contribution is -0.184. The van der Waals surface area contributed by atoms with Crippen LogP contribution in [-0.2, 0) is 19.0 Å². The summed E-state index contributed by atoms with van der Waals surface area (Å²) in [7, 11) is 1.35. The van der Waals surface area contributed by atoms with Gasteiger partial charge in [0.05, 0.1) is 38.5 Å². The average Bonchev–Trinajstić information content (AvgIpc) is 3.23. The molecule has 1 atom stereocenters. The molecule has 2 fully saturated rings. The lowest BCUT2D eigenvalue weighted by atomic mass is 9.94.